The summed E-state index contributed by atoms with van der Waals surface area (Å²) in [6, 6.07) is 8.07. The molecule has 1 aliphatic rings. The van der Waals surface area contributed by atoms with E-state index in [4.69, 9.17) is 16.3 Å². The number of benzene rings is 2. The highest BCUT2D eigenvalue weighted by Crippen LogP contribution is 2.36. The Morgan fingerprint density at radius 3 is 2.52 bits per heavy atom. The molecule has 0 bridgehead atoms. The minimum atomic E-state index is -4.63. The van der Waals surface area contributed by atoms with E-state index < -0.39 is 28.6 Å². The molecule has 29 heavy (non-hydrogen) atoms. The lowest BCUT2D eigenvalue weighted by atomic mass is 10.1. The van der Waals surface area contributed by atoms with Gasteiger partial charge < -0.3 is 4.74 Å². The molecule has 1 aliphatic heterocycles. The molecule has 0 N–H and O–H groups in total. The second-order valence-electron chi connectivity index (χ2n) is 6.74. The molecule has 2 aromatic carbocycles. The number of ether oxygens (including phenoxy) is 1. The molecule has 0 unspecified atom stereocenters. The smallest absolute Gasteiger partial charge is 0.417 e. The molecule has 8 heteroatoms. The van der Waals surface area contributed by atoms with Crippen molar-refractivity contribution >= 4 is 23.4 Å². The number of hydrogen-bond donors (Lipinski definition) is 0. The molecule has 0 saturated heterocycles. The summed E-state index contributed by atoms with van der Waals surface area (Å²) in [7, 11) is 0. The second kappa shape index (κ2) is 8.45. The third kappa shape index (κ3) is 4.40. The van der Waals surface area contributed by atoms with Crippen molar-refractivity contribution in [1.82, 2.24) is 4.90 Å². The quantitative estimate of drug-likeness (QED) is 0.420. The minimum Gasteiger partial charge on any atom is -0.493 e. The van der Waals surface area contributed by atoms with Crippen LogP contribution in [-0.2, 0) is 12.7 Å². The monoisotopic (exact) mass is 425 g/mol. The van der Waals surface area contributed by atoms with Crippen LogP contribution in [0.5, 0.6) is 5.75 Å². The molecule has 0 fully saturated rings. The van der Waals surface area contributed by atoms with Gasteiger partial charge in [-0.1, -0.05) is 43.5 Å². The van der Waals surface area contributed by atoms with Gasteiger partial charge in [0.15, 0.2) is 0 Å². The van der Waals surface area contributed by atoms with Gasteiger partial charge in [0.1, 0.15) is 5.75 Å². The maximum absolute atomic E-state index is 13.1. The standard InChI is InChI=1S/C21H19ClF3NO3/c1-2-3-4-10-29-17-7-5-6-14-18(17)20(28)26(19(14)27)12-13-8-9-16(22)15(11-13)21(23,24)25/h5-9,11H,2-4,10,12H2,1H3. The van der Waals surface area contributed by atoms with Crippen LogP contribution in [0.15, 0.2) is 36.4 Å². The molecule has 2 amide bonds. The average Bonchev–Trinajstić information content (AvgIpc) is 2.91. The first kappa shape index (κ1) is 21.2. The molecule has 0 radical (unpaired) electrons. The SMILES string of the molecule is CCCCCOc1cccc2c1C(=O)N(Cc1ccc(Cl)c(C(F)(F)F)c1)C2=O. The van der Waals surface area contributed by atoms with Crippen molar-refractivity contribution in [2.45, 2.75) is 38.9 Å². The maximum Gasteiger partial charge on any atom is 0.417 e. The highest BCUT2D eigenvalue weighted by Gasteiger charge is 2.39. The first-order valence-corrected chi connectivity index (χ1v) is 9.59. The van der Waals surface area contributed by atoms with Crippen LogP contribution in [0.4, 0.5) is 13.2 Å². The molecular weight excluding hydrogens is 407 g/mol. The van der Waals surface area contributed by atoms with E-state index in [1.54, 1.807) is 12.1 Å². The second-order valence-corrected chi connectivity index (χ2v) is 7.15. The highest BCUT2D eigenvalue weighted by atomic mass is 35.5. The fraction of sp³-hybridized carbons (Fsp3) is 0.333. The Bertz CT molecular complexity index is 943. The van der Waals surface area contributed by atoms with E-state index in [9.17, 15) is 22.8 Å². The summed E-state index contributed by atoms with van der Waals surface area (Å²) >= 11 is 5.64. The Kier molecular flexibility index (Phi) is 6.17. The molecule has 0 aromatic heterocycles. The van der Waals surface area contributed by atoms with Gasteiger partial charge in [0.05, 0.1) is 34.9 Å². The summed E-state index contributed by atoms with van der Waals surface area (Å²) in [5, 5.41) is -0.439. The fourth-order valence-electron chi connectivity index (χ4n) is 3.17. The predicted octanol–water partition coefficient (Wildman–Crippen LogP) is 5.72. The van der Waals surface area contributed by atoms with Crippen molar-refractivity contribution in [3.8, 4) is 5.75 Å². The van der Waals surface area contributed by atoms with Crippen LogP contribution in [0, 0.1) is 0 Å². The molecule has 3 rings (SSSR count). The lowest BCUT2D eigenvalue weighted by Gasteiger charge is -2.16. The van der Waals surface area contributed by atoms with Crippen LogP contribution in [0.2, 0.25) is 5.02 Å². The summed E-state index contributed by atoms with van der Waals surface area (Å²) < 4.78 is 44.9. The summed E-state index contributed by atoms with van der Waals surface area (Å²) in [5.41, 5.74) is -0.512. The third-order valence-corrected chi connectivity index (χ3v) is 4.97. The lowest BCUT2D eigenvalue weighted by Crippen LogP contribution is -2.29. The van der Waals surface area contributed by atoms with Gasteiger partial charge in [-0.05, 0) is 36.2 Å². The zero-order valence-corrected chi connectivity index (χ0v) is 16.4. The normalized spacial score (nSPS) is 13.8. The summed E-state index contributed by atoms with van der Waals surface area (Å²) in [4.78, 5) is 26.5. The highest BCUT2D eigenvalue weighted by molar-refractivity contribution is 6.31. The number of carbonyl (C=O) groups is 2. The molecular formula is C21H19ClF3NO3. The molecule has 4 nitrogen and oxygen atoms in total. The Morgan fingerprint density at radius 1 is 1.07 bits per heavy atom. The number of nitrogens with zero attached hydrogens (tertiary/aromatic N) is 1. The molecule has 1 heterocycles. The zero-order chi connectivity index (χ0) is 21.2. The van der Waals surface area contributed by atoms with Crippen LogP contribution >= 0.6 is 11.6 Å². The lowest BCUT2D eigenvalue weighted by molar-refractivity contribution is -0.137. The van der Waals surface area contributed by atoms with Gasteiger partial charge in [-0.2, -0.15) is 13.2 Å². The van der Waals surface area contributed by atoms with E-state index in [2.05, 4.69) is 6.92 Å². The molecule has 0 spiro atoms. The van der Waals surface area contributed by atoms with E-state index in [1.807, 2.05) is 0 Å². The predicted molar refractivity (Wildman–Crippen MR) is 102 cm³/mol. The molecule has 2 aromatic rings. The third-order valence-electron chi connectivity index (χ3n) is 4.64. The number of rotatable bonds is 7. The Hall–Kier alpha value is -2.54. The zero-order valence-electron chi connectivity index (χ0n) is 15.7. The molecule has 0 atom stereocenters. The number of halogens is 4. The number of amides is 2. The molecule has 154 valence electrons. The molecule has 0 saturated carbocycles. The maximum atomic E-state index is 13.1. The van der Waals surface area contributed by atoms with Crippen molar-refractivity contribution in [3.05, 3.63) is 63.7 Å². The number of unbranched alkanes of at least 4 members (excludes halogenated alkanes) is 2. The van der Waals surface area contributed by atoms with E-state index in [0.29, 0.717) is 12.4 Å². The van der Waals surface area contributed by atoms with Crippen molar-refractivity contribution < 1.29 is 27.5 Å². The van der Waals surface area contributed by atoms with Crippen LogP contribution in [-0.4, -0.2) is 23.3 Å². The van der Waals surface area contributed by atoms with E-state index in [0.717, 1.165) is 36.3 Å². The number of imide groups is 1. The number of fused-ring (bicyclic) bond motifs is 1. The minimum absolute atomic E-state index is 0.152. The van der Waals surface area contributed by atoms with Crippen LogP contribution in [0.3, 0.4) is 0 Å². The first-order valence-electron chi connectivity index (χ1n) is 9.21. The largest absolute Gasteiger partial charge is 0.493 e. The van der Waals surface area contributed by atoms with Crippen LogP contribution in [0.1, 0.15) is 58.0 Å². The van der Waals surface area contributed by atoms with Crippen LogP contribution < -0.4 is 4.74 Å². The van der Waals surface area contributed by atoms with Crippen molar-refractivity contribution in [2.75, 3.05) is 6.61 Å². The van der Waals surface area contributed by atoms with Crippen molar-refractivity contribution in [3.63, 3.8) is 0 Å². The average molecular weight is 426 g/mol. The van der Waals surface area contributed by atoms with Gasteiger partial charge in [-0.15, -0.1) is 0 Å². The number of carbonyl (C=O) groups excluding carboxylic acids is 2. The Balaban J connectivity index is 1.84. The Labute approximate surface area is 171 Å². The summed E-state index contributed by atoms with van der Waals surface area (Å²) in [6.45, 7) is 2.18. The van der Waals surface area contributed by atoms with Crippen molar-refractivity contribution in [2.24, 2.45) is 0 Å². The Morgan fingerprint density at radius 2 is 1.83 bits per heavy atom. The van der Waals surface area contributed by atoms with Gasteiger partial charge in [0.25, 0.3) is 11.8 Å². The van der Waals surface area contributed by atoms with Gasteiger partial charge in [0, 0.05) is 0 Å². The van der Waals surface area contributed by atoms with Gasteiger partial charge in [-0.25, -0.2) is 0 Å². The van der Waals surface area contributed by atoms with Crippen molar-refractivity contribution in [1.29, 1.82) is 0 Å². The first-order chi connectivity index (χ1) is 13.7. The summed E-state index contributed by atoms with van der Waals surface area (Å²) in [6.07, 6.45) is -1.82. The van der Waals surface area contributed by atoms with E-state index in [-0.39, 0.29) is 23.2 Å². The molecule has 0 aliphatic carbocycles. The number of hydrogen-bond acceptors (Lipinski definition) is 3. The van der Waals surface area contributed by atoms with E-state index in [1.165, 1.54) is 12.1 Å². The van der Waals surface area contributed by atoms with Gasteiger partial charge in [0.2, 0.25) is 0 Å². The van der Waals surface area contributed by atoms with Crippen LogP contribution in [0.25, 0.3) is 0 Å². The summed E-state index contributed by atoms with van der Waals surface area (Å²) in [5.74, 6) is -0.835. The topological polar surface area (TPSA) is 46.6 Å². The van der Waals surface area contributed by atoms with Gasteiger partial charge in [-0.3, -0.25) is 14.5 Å². The van der Waals surface area contributed by atoms with Gasteiger partial charge >= 0.3 is 6.18 Å². The number of alkyl halides is 3. The van der Waals surface area contributed by atoms with E-state index >= 15 is 0 Å². The fourth-order valence-corrected chi connectivity index (χ4v) is 3.40.